The van der Waals surface area contributed by atoms with Crippen LogP contribution >= 0.6 is 0 Å². The van der Waals surface area contributed by atoms with Crippen LogP contribution in [0.3, 0.4) is 0 Å². The van der Waals surface area contributed by atoms with Crippen LogP contribution in [0.15, 0.2) is 52.9 Å². The third-order valence-corrected chi connectivity index (χ3v) is 6.38. The lowest BCUT2D eigenvalue weighted by atomic mass is 9.82. The lowest BCUT2D eigenvalue weighted by molar-refractivity contribution is 0.0789. The van der Waals surface area contributed by atoms with E-state index in [4.69, 9.17) is 10.5 Å². The molecule has 2 aromatic carbocycles. The highest BCUT2D eigenvalue weighted by Gasteiger charge is 2.35. The van der Waals surface area contributed by atoms with Crippen LogP contribution in [0, 0.1) is 0 Å². The number of benzene rings is 2. The third kappa shape index (κ3) is 4.25. The van der Waals surface area contributed by atoms with Gasteiger partial charge in [0, 0.05) is 5.56 Å². The van der Waals surface area contributed by atoms with Crippen molar-refractivity contribution in [2.45, 2.75) is 37.6 Å². The Bertz CT molecular complexity index is 1080. The second kappa shape index (κ2) is 7.98. The monoisotopic (exact) mass is 428 g/mol. The van der Waals surface area contributed by atoms with Gasteiger partial charge in [0.2, 0.25) is 0 Å². The molecule has 0 aromatic heterocycles. The van der Waals surface area contributed by atoms with Crippen molar-refractivity contribution in [3.63, 3.8) is 0 Å². The SMILES string of the molecule is NC1=NS(=O)(=O)Nc2cccc(OCC3(NC(=O)c4ccccc4)CCCCC3)c21. The summed E-state index contributed by atoms with van der Waals surface area (Å²) in [5, 5.41) is 3.19. The van der Waals surface area contributed by atoms with Crippen LogP contribution in [0.25, 0.3) is 0 Å². The summed E-state index contributed by atoms with van der Waals surface area (Å²) in [7, 11) is -3.86. The second-order valence-corrected chi connectivity index (χ2v) is 9.02. The molecule has 1 aliphatic heterocycles. The van der Waals surface area contributed by atoms with Gasteiger partial charge in [0.1, 0.15) is 12.4 Å². The highest BCUT2D eigenvalue weighted by atomic mass is 32.2. The van der Waals surface area contributed by atoms with Crippen LogP contribution in [-0.2, 0) is 10.2 Å². The van der Waals surface area contributed by atoms with E-state index in [1.807, 2.05) is 18.2 Å². The number of nitrogens with one attached hydrogen (secondary N) is 2. The Morgan fingerprint density at radius 3 is 2.57 bits per heavy atom. The van der Waals surface area contributed by atoms with Gasteiger partial charge in [-0.25, -0.2) is 0 Å². The van der Waals surface area contributed by atoms with Gasteiger partial charge in [0.25, 0.3) is 5.91 Å². The van der Waals surface area contributed by atoms with Crippen LogP contribution in [0.5, 0.6) is 5.75 Å². The summed E-state index contributed by atoms with van der Waals surface area (Å²) in [5.41, 5.74) is 6.73. The number of anilines is 1. The summed E-state index contributed by atoms with van der Waals surface area (Å²) in [4.78, 5) is 12.8. The molecule has 0 saturated heterocycles. The molecule has 2 aromatic rings. The molecular formula is C21H24N4O4S. The van der Waals surface area contributed by atoms with E-state index in [-0.39, 0.29) is 18.3 Å². The van der Waals surface area contributed by atoms with E-state index in [0.717, 1.165) is 32.1 Å². The fourth-order valence-corrected chi connectivity index (χ4v) is 4.83. The van der Waals surface area contributed by atoms with Gasteiger partial charge in [-0.05, 0) is 37.1 Å². The van der Waals surface area contributed by atoms with Gasteiger partial charge in [-0.15, -0.1) is 4.40 Å². The number of carbonyl (C=O) groups is 1. The molecule has 4 N–H and O–H groups in total. The topological polar surface area (TPSA) is 123 Å². The molecule has 1 fully saturated rings. The Hall–Kier alpha value is -3.07. The number of rotatable bonds is 5. The predicted octanol–water partition coefficient (Wildman–Crippen LogP) is 2.57. The summed E-state index contributed by atoms with van der Waals surface area (Å²) in [6.45, 7) is 0.252. The third-order valence-electron chi connectivity index (χ3n) is 5.47. The van der Waals surface area contributed by atoms with Crippen LogP contribution in [-0.4, -0.2) is 32.3 Å². The maximum atomic E-state index is 12.8. The number of amides is 1. The van der Waals surface area contributed by atoms with Crippen molar-refractivity contribution in [3.8, 4) is 5.75 Å². The van der Waals surface area contributed by atoms with Gasteiger partial charge in [0.15, 0.2) is 5.84 Å². The van der Waals surface area contributed by atoms with Crippen molar-refractivity contribution in [1.82, 2.24) is 5.32 Å². The van der Waals surface area contributed by atoms with Gasteiger partial charge < -0.3 is 15.8 Å². The van der Waals surface area contributed by atoms with E-state index in [1.165, 1.54) is 0 Å². The maximum Gasteiger partial charge on any atom is 0.344 e. The van der Waals surface area contributed by atoms with E-state index >= 15 is 0 Å². The molecule has 1 saturated carbocycles. The summed E-state index contributed by atoms with van der Waals surface area (Å²) in [5.74, 6) is 0.172. The highest BCUT2D eigenvalue weighted by Crippen LogP contribution is 2.33. The largest absolute Gasteiger partial charge is 0.490 e. The molecule has 8 nitrogen and oxygen atoms in total. The summed E-state index contributed by atoms with van der Waals surface area (Å²) < 4.78 is 35.6. The smallest absolute Gasteiger partial charge is 0.344 e. The molecule has 158 valence electrons. The van der Waals surface area contributed by atoms with Crippen molar-refractivity contribution in [1.29, 1.82) is 0 Å². The van der Waals surface area contributed by atoms with Crippen LogP contribution < -0.4 is 20.5 Å². The lowest BCUT2D eigenvalue weighted by Crippen LogP contribution is -2.54. The zero-order valence-electron chi connectivity index (χ0n) is 16.4. The minimum absolute atomic E-state index is 0.120. The quantitative estimate of drug-likeness (QED) is 0.675. The van der Waals surface area contributed by atoms with Crippen molar-refractivity contribution < 1.29 is 17.9 Å². The first-order chi connectivity index (χ1) is 14.4. The zero-order chi connectivity index (χ0) is 21.2. The predicted molar refractivity (Wildman–Crippen MR) is 115 cm³/mol. The van der Waals surface area contributed by atoms with Crippen molar-refractivity contribution in [2.24, 2.45) is 10.1 Å². The summed E-state index contributed by atoms with van der Waals surface area (Å²) in [6.07, 6.45) is 4.71. The van der Waals surface area contributed by atoms with Crippen molar-refractivity contribution in [3.05, 3.63) is 59.7 Å². The average Bonchev–Trinajstić information content (AvgIpc) is 2.72. The number of fused-ring (bicyclic) bond motifs is 1. The average molecular weight is 429 g/mol. The molecule has 1 heterocycles. The maximum absolute atomic E-state index is 12.8. The minimum atomic E-state index is -3.86. The minimum Gasteiger partial charge on any atom is -0.490 e. The molecule has 1 aliphatic carbocycles. The standard InChI is InChI=1S/C21H24N4O4S/c22-19-18-16(24-30(27,28)25-19)10-7-11-17(18)29-14-21(12-5-2-6-13-21)23-20(26)15-8-3-1-4-9-15/h1,3-4,7-11,24H,2,5-6,12-14H2,(H2,22,25)(H,23,26). The van der Waals surface area contributed by atoms with Gasteiger partial charge in [-0.2, -0.15) is 8.42 Å². The fourth-order valence-electron chi connectivity index (χ4n) is 3.99. The second-order valence-electron chi connectivity index (χ2n) is 7.68. The first-order valence-electron chi connectivity index (χ1n) is 9.89. The molecule has 9 heteroatoms. The first-order valence-corrected chi connectivity index (χ1v) is 11.3. The number of nitrogens with two attached hydrogens (primary N) is 1. The Morgan fingerprint density at radius 2 is 1.83 bits per heavy atom. The molecule has 2 aliphatic rings. The summed E-state index contributed by atoms with van der Waals surface area (Å²) in [6, 6.07) is 14.1. The van der Waals surface area contributed by atoms with E-state index in [2.05, 4.69) is 14.4 Å². The Labute approximate surface area is 175 Å². The number of amidine groups is 1. The molecule has 0 unspecified atom stereocenters. The Balaban J connectivity index is 1.57. The van der Waals surface area contributed by atoms with Crippen LogP contribution in [0.2, 0.25) is 0 Å². The molecule has 0 spiro atoms. The van der Waals surface area contributed by atoms with Crippen molar-refractivity contribution >= 4 is 27.6 Å². The zero-order valence-corrected chi connectivity index (χ0v) is 17.2. The van der Waals surface area contributed by atoms with E-state index < -0.39 is 15.7 Å². The number of nitrogens with zero attached hydrogens (tertiary/aromatic N) is 1. The molecule has 0 atom stereocenters. The number of ether oxygens (including phenoxy) is 1. The van der Waals surface area contributed by atoms with Gasteiger partial charge in [-0.3, -0.25) is 9.52 Å². The molecular weight excluding hydrogens is 404 g/mol. The number of hydrogen-bond donors (Lipinski definition) is 3. The lowest BCUT2D eigenvalue weighted by Gasteiger charge is -2.38. The Morgan fingerprint density at radius 1 is 1.10 bits per heavy atom. The highest BCUT2D eigenvalue weighted by molar-refractivity contribution is 7.91. The molecule has 0 bridgehead atoms. The molecule has 4 rings (SSSR count). The van der Waals surface area contributed by atoms with Crippen molar-refractivity contribution in [2.75, 3.05) is 11.3 Å². The van der Waals surface area contributed by atoms with Gasteiger partial charge in [-0.1, -0.05) is 43.5 Å². The number of carbonyl (C=O) groups excluding carboxylic acids is 1. The fraction of sp³-hybridized carbons (Fsp3) is 0.333. The van der Waals surface area contributed by atoms with E-state index in [1.54, 1.807) is 30.3 Å². The molecule has 0 radical (unpaired) electrons. The van der Waals surface area contributed by atoms with E-state index in [0.29, 0.717) is 22.6 Å². The number of hydrogen-bond acceptors (Lipinski definition) is 5. The van der Waals surface area contributed by atoms with E-state index in [9.17, 15) is 13.2 Å². The Kier molecular flexibility index (Phi) is 5.38. The first kappa shape index (κ1) is 20.2. The molecule has 1 amide bonds. The van der Waals surface area contributed by atoms with Crippen LogP contribution in [0.4, 0.5) is 5.69 Å². The van der Waals surface area contributed by atoms with Crippen LogP contribution in [0.1, 0.15) is 48.0 Å². The normalized spacial score (nSPS) is 19.0. The van der Waals surface area contributed by atoms with Gasteiger partial charge in [0.05, 0.1) is 16.8 Å². The summed E-state index contributed by atoms with van der Waals surface area (Å²) >= 11 is 0. The molecule has 30 heavy (non-hydrogen) atoms. The van der Waals surface area contributed by atoms with Gasteiger partial charge >= 0.3 is 10.2 Å².